The van der Waals surface area contributed by atoms with Gasteiger partial charge in [-0.2, -0.15) is 0 Å². The van der Waals surface area contributed by atoms with E-state index in [2.05, 4.69) is 25.8 Å². The Balaban J connectivity index is 1.36. The zero-order valence-corrected chi connectivity index (χ0v) is 28.7. The van der Waals surface area contributed by atoms with E-state index in [1.807, 2.05) is 69.3 Å². The summed E-state index contributed by atoms with van der Waals surface area (Å²) in [7, 11) is 0. The van der Waals surface area contributed by atoms with Crippen molar-refractivity contribution in [2.24, 2.45) is 17.6 Å². The number of primary amides is 1. The number of carbonyl (C=O) groups excluding carboxylic acids is 4. The number of amides is 4. The van der Waals surface area contributed by atoms with Crippen molar-refractivity contribution in [3.8, 4) is 0 Å². The number of pyridine rings is 1. The molecule has 3 aromatic rings. The summed E-state index contributed by atoms with van der Waals surface area (Å²) in [5.41, 5.74) is 6.70. The van der Waals surface area contributed by atoms with E-state index in [1.165, 1.54) is 6.42 Å². The van der Waals surface area contributed by atoms with E-state index in [-0.39, 0.29) is 30.5 Å². The normalized spacial score (nSPS) is 21.5. The second-order valence-electron chi connectivity index (χ2n) is 14.6. The summed E-state index contributed by atoms with van der Waals surface area (Å²) < 4.78 is 0. The van der Waals surface area contributed by atoms with E-state index < -0.39 is 53.9 Å². The molecule has 1 saturated carbocycles. The summed E-state index contributed by atoms with van der Waals surface area (Å²) in [5, 5.41) is 21.4. The largest absolute Gasteiger partial charge is 0.390 e. The fourth-order valence-corrected chi connectivity index (χ4v) is 7.40. The molecule has 1 aliphatic carbocycles. The van der Waals surface area contributed by atoms with Crippen LogP contribution in [0.1, 0.15) is 75.3 Å². The van der Waals surface area contributed by atoms with Crippen LogP contribution < -0.4 is 21.7 Å². The third-order valence-electron chi connectivity index (χ3n) is 9.69. The highest BCUT2D eigenvalue weighted by molar-refractivity contribution is 5.99. The first-order valence-corrected chi connectivity index (χ1v) is 17.4. The molecule has 2 aromatic carbocycles. The minimum absolute atomic E-state index is 0.0357. The van der Waals surface area contributed by atoms with E-state index in [0.717, 1.165) is 36.6 Å². The van der Waals surface area contributed by atoms with Crippen LogP contribution in [0.4, 0.5) is 0 Å². The Bertz CT molecular complexity index is 1630. The lowest BCUT2D eigenvalue weighted by molar-refractivity contribution is -0.136. The van der Waals surface area contributed by atoms with Crippen LogP contribution in [0, 0.1) is 11.8 Å². The molecule has 6 N–H and O–H groups in total. The molecule has 2 fully saturated rings. The zero-order valence-electron chi connectivity index (χ0n) is 28.7. The van der Waals surface area contributed by atoms with Gasteiger partial charge in [0.05, 0.1) is 30.1 Å². The van der Waals surface area contributed by atoms with Gasteiger partial charge in [0, 0.05) is 17.5 Å². The number of benzene rings is 2. The third kappa shape index (κ3) is 9.64. The molecule has 0 bridgehead atoms. The summed E-state index contributed by atoms with van der Waals surface area (Å²) in [5.74, 6) is -1.43. The maximum absolute atomic E-state index is 13.8. The van der Waals surface area contributed by atoms with E-state index in [1.54, 1.807) is 18.2 Å². The van der Waals surface area contributed by atoms with Gasteiger partial charge in [-0.1, -0.05) is 73.9 Å². The highest BCUT2D eigenvalue weighted by Gasteiger charge is 2.44. The number of aliphatic hydroxyl groups excluding tert-OH is 1. The Labute approximate surface area is 288 Å². The van der Waals surface area contributed by atoms with Crippen LogP contribution in [0.25, 0.3) is 10.9 Å². The Morgan fingerprint density at radius 1 is 0.939 bits per heavy atom. The molecule has 6 atom stereocenters. The summed E-state index contributed by atoms with van der Waals surface area (Å²) in [6.45, 7) is 6.72. The lowest BCUT2D eigenvalue weighted by Crippen LogP contribution is -2.62. The maximum Gasteiger partial charge on any atom is 0.270 e. The lowest BCUT2D eigenvalue weighted by Gasteiger charge is -2.48. The third-order valence-corrected chi connectivity index (χ3v) is 9.69. The minimum Gasteiger partial charge on any atom is -0.390 e. The number of nitrogens with two attached hydrogens (primary N) is 1. The molecule has 49 heavy (non-hydrogen) atoms. The number of rotatable bonds is 12. The van der Waals surface area contributed by atoms with E-state index in [4.69, 9.17) is 5.73 Å². The average Bonchev–Trinajstić information content (AvgIpc) is 3.06. The highest BCUT2D eigenvalue weighted by atomic mass is 16.3. The number of aliphatic hydroxyl groups is 1. The van der Waals surface area contributed by atoms with Gasteiger partial charge >= 0.3 is 0 Å². The molecule has 11 heteroatoms. The quantitative estimate of drug-likeness (QED) is 0.198. The van der Waals surface area contributed by atoms with Crippen LogP contribution in [-0.2, 0) is 20.8 Å². The number of piperidine rings is 1. The molecule has 0 radical (unpaired) electrons. The van der Waals surface area contributed by atoms with Crippen molar-refractivity contribution < 1.29 is 24.3 Å². The van der Waals surface area contributed by atoms with Crippen LogP contribution >= 0.6 is 0 Å². The van der Waals surface area contributed by atoms with Crippen molar-refractivity contribution >= 4 is 34.5 Å². The molecule has 0 spiro atoms. The number of hydrogen-bond donors (Lipinski definition) is 5. The molecular weight excluding hydrogens is 620 g/mol. The van der Waals surface area contributed by atoms with Gasteiger partial charge < -0.3 is 26.8 Å². The lowest BCUT2D eigenvalue weighted by atomic mass is 9.70. The molecule has 262 valence electrons. The number of nitrogens with zero attached hydrogens (tertiary/aromatic N) is 2. The van der Waals surface area contributed by atoms with Crippen LogP contribution in [-0.4, -0.2) is 81.5 Å². The Morgan fingerprint density at radius 3 is 2.39 bits per heavy atom. The molecule has 2 heterocycles. The van der Waals surface area contributed by atoms with Gasteiger partial charge in [-0.05, 0) is 76.1 Å². The number of aromatic nitrogens is 1. The van der Waals surface area contributed by atoms with Gasteiger partial charge in [0.25, 0.3) is 5.91 Å². The number of likely N-dealkylation sites (tertiary alicyclic amines) is 1. The minimum atomic E-state index is -1.30. The monoisotopic (exact) mass is 670 g/mol. The fraction of sp³-hybridized carbons (Fsp3) is 0.500. The molecular formula is C38H50N6O5. The SMILES string of the molecule is CC(C)(C)NC(=O)C1[C@H]2CCCC[C@H]2CCN1C[C@@H](O)[C@H](Cc1ccccc1)NC(=O)[C@H](CC(N)=O)NC(=O)c1ccc2ccccc2n1. The molecule has 11 nitrogen and oxygen atoms in total. The first-order chi connectivity index (χ1) is 23.4. The van der Waals surface area contributed by atoms with Gasteiger partial charge in [0.1, 0.15) is 11.7 Å². The smallest absolute Gasteiger partial charge is 0.270 e. The van der Waals surface area contributed by atoms with Crippen molar-refractivity contribution in [2.75, 3.05) is 13.1 Å². The molecule has 5 rings (SSSR count). The van der Waals surface area contributed by atoms with Crippen molar-refractivity contribution in [1.82, 2.24) is 25.8 Å². The fourth-order valence-electron chi connectivity index (χ4n) is 7.40. The van der Waals surface area contributed by atoms with E-state index >= 15 is 0 Å². The summed E-state index contributed by atoms with van der Waals surface area (Å²) >= 11 is 0. The standard InChI is InChI=1S/C38H50N6O5/c1-38(2,3)43-37(49)34-27-15-9-7-13-25(27)19-20-44(34)23-32(45)30(21-24-11-5-4-6-12-24)41-36(48)31(22-33(39)46)42-35(47)29-18-17-26-14-8-10-16-28(26)40-29/h4-6,8,10-12,14,16-18,25,27,30-32,34,45H,7,9,13,15,19-23H2,1-3H3,(H2,39,46)(H,41,48)(H,42,47)(H,43,49)/t25-,27-,30-,31-,32+,34?/m0/s1. The van der Waals surface area contributed by atoms with Crippen LogP contribution in [0.15, 0.2) is 66.7 Å². The second kappa shape index (κ2) is 15.9. The molecule has 1 unspecified atom stereocenters. The number of para-hydroxylation sites is 1. The molecule has 1 saturated heterocycles. The number of nitrogens with one attached hydrogen (secondary N) is 3. The number of hydrogen-bond acceptors (Lipinski definition) is 7. The molecule has 2 aliphatic rings. The van der Waals surface area contributed by atoms with Gasteiger partial charge in [0.2, 0.25) is 17.7 Å². The average molecular weight is 671 g/mol. The summed E-state index contributed by atoms with van der Waals surface area (Å²) in [4.78, 5) is 59.5. The van der Waals surface area contributed by atoms with Gasteiger partial charge in [-0.15, -0.1) is 0 Å². The number of fused-ring (bicyclic) bond motifs is 2. The van der Waals surface area contributed by atoms with Crippen molar-refractivity contribution in [2.45, 2.75) is 95.5 Å². The zero-order chi connectivity index (χ0) is 35.1. The van der Waals surface area contributed by atoms with E-state index in [9.17, 15) is 24.3 Å². The summed E-state index contributed by atoms with van der Waals surface area (Å²) in [6, 6.07) is 17.7. The Hall–Kier alpha value is -4.35. The topological polar surface area (TPSA) is 167 Å². The second-order valence-corrected chi connectivity index (χ2v) is 14.6. The number of carbonyl (C=O) groups is 4. The molecule has 1 aliphatic heterocycles. The Kier molecular flexibility index (Phi) is 11.7. The van der Waals surface area contributed by atoms with Crippen LogP contribution in [0.5, 0.6) is 0 Å². The van der Waals surface area contributed by atoms with Crippen LogP contribution in [0.3, 0.4) is 0 Å². The Morgan fingerprint density at radius 2 is 1.65 bits per heavy atom. The first kappa shape index (κ1) is 35.9. The van der Waals surface area contributed by atoms with Gasteiger partial charge in [-0.3, -0.25) is 24.1 Å². The van der Waals surface area contributed by atoms with Gasteiger partial charge in [0.15, 0.2) is 0 Å². The van der Waals surface area contributed by atoms with Crippen molar-refractivity contribution in [1.29, 1.82) is 0 Å². The highest BCUT2D eigenvalue weighted by Crippen LogP contribution is 2.40. The van der Waals surface area contributed by atoms with Crippen LogP contribution in [0.2, 0.25) is 0 Å². The number of β-amino-alcohol motifs (C(OH)–C–C–N with tert-alkyl or cyclic N) is 1. The first-order valence-electron chi connectivity index (χ1n) is 17.4. The predicted octanol–water partition coefficient (Wildman–Crippen LogP) is 3.09. The molecule has 1 aromatic heterocycles. The summed E-state index contributed by atoms with van der Waals surface area (Å²) in [6.07, 6.45) is 4.04. The predicted molar refractivity (Wildman–Crippen MR) is 188 cm³/mol. The van der Waals surface area contributed by atoms with E-state index in [0.29, 0.717) is 18.0 Å². The van der Waals surface area contributed by atoms with Crippen molar-refractivity contribution in [3.63, 3.8) is 0 Å². The molecule has 4 amide bonds. The van der Waals surface area contributed by atoms with Crippen molar-refractivity contribution in [3.05, 3.63) is 78.0 Å². The maximum atomic E-state index is 13.8. The van der Waals surface area contributed by atoms with Gasteiger partial charge in [-0.25, -0.2) is 4.98 Å².